The van der Waals surface area contributed by atoms with Crippen molar-refractivity contribution in [1.29, 1.82) is 0 Å². The van der Waals surface area contributed by atoms with E-state index in [9.17, 15) is 0 Å². The van der Waals surface area contributed by atoms with Gasteiger partial charge in [-0.15, -0.1) is 0 Å². The van der Waals surface area contributed by atoms with Crippen molar-refractivity contribution in [3.8, 4) is 5.75 Å². The maximum atomic E-state index is 5.98. The molecular formula is C13H19Br2NOS. The molecule has 1 atom stereocenters. The lowest BCUT2D eigenvalue weighted by Crippen LogP contribution is -2.21. The summed E-state index contributed by atoms with van der Waals surface area (Å²) in [6.45, 7) is 2.82. The van der Waals surface area contributed by atoms with Gasteiger partial charge in [0.15, 0.2) is 0 Å². The molecule has 1 unspecified atom stereocenters. The van der Waals surface area contributed by atoms with E-state index in [2.05, 4.69) is 57.2 Å². The minimum absolute atomic E-state index is 0.215. The molecule has 0 saturated heterocycles. The predicted molar refractivity (Wildman–Crippen MR) is 87.7 cm³/mol. The quantitative estimate of drug-likeness (QED) is 0.700. The summed E-state index contributed by atoms with van der Waals surface area (Å²) in [5, 5.41) is 0. The Kier molecular flexibility index (Phi) is 7.68. The van der Waals surface area contributed by atoms with Gasteiger partial charge in [-0.1, -0.05) is 6.92 Å². The third-order valence-corrected chi connectivity index (χ3v) is 4.37. The molecule has 1 aromatic carbocycles. The average molecular weight is 397 g/mol. The summed E-state index contributed by atoms with van der Waals surface area (Å²) in [4.78, 5) is 0. The van der Waals surface area contributed by atoms with Crippen LogP contribution in [-0.4, -0.2) is 24.7 Å². The van der Waals surface area contributed by atoms with Crippen molar-refractivity contribution in [2.24, 2.45) is 5.73 Å². The number of rotatable bonds is 7. The van der Waals surface area contributed by atoms with E-state index in [0.717, 1.165) is 33.3 Å². The first kappa shape index (κ1) is 16.3. The first-order chi connectivity index (χ1) is 8.58. The molecule has 0 aliphatic heterocycles. The fourth-order valence-electron chi connectivity index (χ4n) is 1.54. The van der Waals surface area contributed by atoms with Crippen molar-refractivity contribution in [1.82, 2.24) is 0 Å². The molecule has 2 N–H and O–H groups in total. The van der Waals surface area contributed by atoms with Crippen LogP contribution in [0.25, 0.3) is 0 Å². The molecule has 0 aromatic heterocycles. The van der Waals surface area contributed by atoms with Gasteiger partial charge < -0.3 is 10.5 Å². The smallest absolute Gasteiger partial charge is 0.147 e. The molecule has 0 aliphatic carbocycles. The zero-order valence-corrected chi connectivity index (χ0v) is 14.7. The van der Waals surface area contributed by atoms with E-state index in [1.807, 2.05) is 0 Å². The van der Waals surface area contributed by atoms with Gasteiger partial charge in [-0.2, -0.15) is 11.8 Å². The second-order valence-corrected chi connectivity index (χ2v) is 6.80. The Morgan fingerprint density at radius 2 is 1.94 bits per heavy atom. The van der Waals surface area contributed by atoms with Gasteiger partial charge >= 0.3 is 0 Å². The van der Waals surface area contributed by atoms with Gasteiger partial charge in [0.25, 0.3) is 0 Å². The zero-order valence-electron chi connectivity index (χ0n) is 10.7. The molecule has 1 aromatic rings. The van der Waals surface area contributed by atoms with E-state index in [0.29, 0.717) is 6.61 Å². The van der Waals surface area contributed by atoms with E-state index in [-0.39, 0.29) is 6.04 Å². The predicted octanol–water partition coefficient (Wildman–Crippen LogP) is 4.23. The summed E-state index contributed by atoms with van der Waals surface area (Å²) in [5.41, 5.74) is 7.20. The number of halogens is 2. The molecule has 0 saturated carbocycles. The van der Waals surface area contributed by atoms with Crippen LogP contribution in [-0.2, 0) is 6.42 Å². The fraction of sp³-hybridized carbons (Fsp3) is 0.538. The number of hydrogen-bond donors (Lipinski definition) is 1. The molecule has 102 valence electrons. The second kappa shape index (κ2) is 8.46. The van der Waals surface area contributed by atoms with Crippen LogP contribution in [0.2, 0.25) is 0 Å². The highest BCUT2D eigenvalue weighted by Gasteiger charge is 2.10. The van der Waals surface area contributed by atoms with Gasteiger partial charge in [0.1, 0.15) is 5.75 Å². The van der Waals surface area contributed by atoms with Crippen LogP contribution in [0.5, 0.6) is 5.75 Å². The standard InChI is InChI=1S/C13H19Br2NOS/c1-3-10(16)6-9-7-11(14)13(12(15)8-9)17-4-5-18-2/h7-8,10H,3-6,16H2,1-2H3. The second-order valence-electron chi connectivity index (χ2n) is 4.10. The molecule has 0 fully saturated rings. The minimum Gasteiger partial charge on any atom is -0.490 e. The van der Waals surface area contributed by atoms with Gasteiger partial charge in [-0.3, -0.25) is 0 Å². The van der Waals surface area contributed by atoms with Gasteiger partial charge in [0.2, 0.25) is 0 Å². The van der Waals surface area contributed by atoms with E-state index in [4.69, 9.17) is 10.5 Å². The maximum Gasteiger partial charge on any atom is 0.147 e. The summed E-state index contributed by atoms with van der Waals surface area (Å²) >= 11 is 8.89. The molecule has 2 nitrogen and oxygen atoms in total. The number of hydrogen-bond acceptors (Lipinski definition) is 3. The number of benzene rings is 1. The number of ether oxygens (including phenoxy) is 1. The van der Waals surface area contributed by atoms with Crippen LogP contribution in [0.1, 0.15) is 18.9 Å². The Hall–Kier alpha value is 0.290. The summed E-state index contributed by atoms with van der Waals surface area (Å²) in [5.74, 6) is 1.86. The molecule has 0 heterocycles. The van der Waals surface area contributed by atoms with Crippen molar-refractivity contribution >= 4 is 43.6 Å². The van der Waals surface area contributed by atoms with Crippen molar-refractivity contribution in [2.75, 3.05) is 18.6 Å². The lowest BCUT2D eigenvalue weighted by molar-refractivity contribution is 0.339. The number of thioether (sulfide) groups is 1. The normalized spacial score (nSPS) is 12.5. The molecule has 0 aliphatic rings. The van der Waals surface area contributed by atoms with E-state index >= 15 is 0 Å². The van der Waals surface area contributed by atoms with Gasteiger partial charge in [-0.25, -0.2) is 0 Å². The molecule has 0 spiro atoms. The fourth-order valence-corrected chi connectivity index (χ4v) is 3.30. The van der Waals surface area contributed by atoms with Crippen LogP contribution in [0.4, 0.5) is 0 Å². The molecular weight excluding hydrogens is 378 g/mol. The molecule has 5 heteroatoms. The average Bonchev–Trinajstić information content (AvgIpc) is 2.32. The third kappa shape index (κ3) is 5.11. The molecule has 1 rings (SSSR count). The van der Waals surface area contributed by atoms with Gasteiger partial charge in [0.05, 0.1) is 15.6 Å². The Labute approximate surface area is 130 Å². The Balaban J connectivity index is 2.77. The molecule has 0 bridgehead atoms. The monoisotopic (exact) mass is 395 g/mol. The minimum atomic E-state index is 0.215. The van der Waals surface area contributed by atoms with E-state index < -0.39 is 0 Å². The van der Waals surface area contributed by atoms with Crippen molar-refractivity contribution in [2.45, 2.75) is 25.8 Å². The number of nitrogens with two attached hydrogens (primary N) is 1. The van der Waals surface area contributed by atoms with Crippen molar-refractivity contribution < 1.29 is 4.74 Å². The van der Waals surface area contributed by atoms with E-state index in [1.165, 1.54) is 5.56 Å². The topological polar surface area (TPSA) is 35.2 Å². The van der Waals surface area contributed by atoms with E-state index in [1.54, 1.807) is 11.8 Å². The van der Waals surface area contributed by atoms with Crippen LogP contribution in [0.3, 0.4) is 0 Å². The van der Waals surface area contributed by atoms with Crippen molar-refractivity contribution in [3.63, 3.8) is 0 Å². The largest absolute Gasteiger partial charge is 0.490 e. The lowest BCUT2D eigenvalue weighted by Gasteiger charge is -2.14. The van der Waals surface area contributed by atoms with Crippen molar-refractivity contribution in [3.05, 3.63) is 26.6 Å². The highest BCUT2D eigenvalue weighted by Crippen LogP contribution is 2.35. The van der Waals surface area contributed by atoms with Crippen LogP contribution >= 0.6 is 43.6 Å². The Bertz CT molecular complexity index is 364. The molecule has 0 radical (unpaired) electrons. The Morgan fingerprint density at radius 3 is 2.44 bits per heavy atom. The summed E-state index contributed by atoms with van der Waals surface area (Å²) < 4.78 is 7.71. The highest BCUT2D eigenvalue weighted by atomic mass is 79.9. The van der Waals surface area contributed by atoms with Crippen LogP contribution < -0.4 is 10.5 Å². The van der Waals surface area contributed by atoms with Gasteiger partial charge in [0, 0.05) is 11.8 Å². The summed E-state index contributed by atoms with van der Waals surface area (Å²) in [6.07, 6.45) is 3.95. The molecule has 18 heavy (non-hydrogen) atoms. The first-order valence-corrected chi connectivity index (χ1v) is 8.91. The zero-order chi connectivity index (χ0) is 13.5. The van der Waals surface area contributed by atoms with Crippen LogP contribution in [0.15, 0.2) is 21.1 Å². The maximum absolute atomic E-state index is 5.98. The highest BCUT2D eigenvalue weighted by molar-refractivity contribution is 9.11. The Morgan fingerprint density at radius 1 is 1.33 bits per heavy atom. The summed E-state index contributed by atoms with van der Waals surface area (Å²) in [7, 11) is 0. The first-order valence-electron chi connectivity index (χ1n) is 5.93. The summed E-state index contributed by atoms with van der Waals surface area (Å²) in [6, 6.07) is 4.40. The lowest BCUT2D eigenvalue weighted by atomic mass is 10.0. The SMILES string of the molecule is CCC(N)Cc1cc(Br)c(OCCSC)c(Br)c1. The van der Waals surface area contributed by atoms with Crippen LogP contribution in [0, 0.1) is 0 Å². The molecule has 0 amide bonds. The van der Waals surface area contributed by atoms with Gasteiger partial charge in [-0.05, 0) is 68.7 Å². The third-order valence-electron chi connectivity index (χ3n) is 2.61.